The summed E-state index contributed by atoms with van der Waals surface area (Å²) in [6.45, 7) is 1.64. The van der Waals surface area contributed by atoms with E-state index in [-0.39, 0.29) is 12.4 Å². The van der Waals surface area contributed by atoms with E-state index in [1.807, 2.05) is 24.3 Å². The lowest BCUT2D eigenvalue weighted by Gasteiger charge is -2.28. The highest BCUT2D eigenvalue weighted by atomic mass is 16.3. The number of rotatable bonds is 6. The highest BCUT2D eigenvalue weighted by molar-refractivity contribution is 5.96. The van der Waals surface area contributed by atoms with Gasteiger partial charge in [0.05, 0.1) is 6.61 Å². The molecular weight excluding hydrogens is 238 g/mol. The minimum atomic E-state index is 0.117. The van der Waals surface area contributed by atoms with Crippen molar-refractivity contribution < 1.29 is 5.11 Å². The fourth-order valence-electron chi connectivity index (χ4n) is 2.93. The zero-order valence-corrected chi connectivity index (χ0v) is 11.3. The number of nitrogen functional groups attached to an aromatic ring is 1. The number of amidine groups is 1. The van der Waals surface area contributed by atoms with E-state index in [1.165, 1.54) is 25.7 Å². The predicted octanol–water partition coefficient (Wildman–Crippen LogP) is 1.71. The van der Waals surface area contributed by atoms with E-state index in [4.69, 9.17) is 11.1 Å². The van der Waals surface area contributed by atoms with Gasteiger partial charge in [-0.15, -0.1) is 0 Å². The largest absolute Gasteiger partial charge is 0.395 e. The molecule has 0 spiro atoms. The van der Waals surface area contributed by atoms with Gasteiger partial charge in [-0.3, -0.25) is 10.3 Å². The van der Waals surface area contributed by atoms with Crippen LogP contribution in [0, 0.1) is 5.41 Å². The molecule has 4 heteroatoms. The Hall–Kier alpha value is -1.39. The molecule has 0 radical (unpaired) electrons. The zero-order valence-electron chi connectivity index (χ0n) is 11.3. The average molecular weight is 261 g/mol. The van der Waals surface area contributed by atoms with Crippen LogP contribution in [-0.4, -0.2) is 35.0 Å². The maximum absolute atomic E-state index is 9.24. The van der Waals surface area contributed by atoms with E-state index in [1.54, 1.807) is 0 Å². The third-order valence-corrected chi connectivity index (χ3v) is 3.91. The van der Waals surface area contributed by atoms with Crippen LogP contribution >= 0.6 is 0 Å². The van der Waals surface area contributed by atoms with Crippen LogP contribution in [0.4, 0.5) is 0 Å². The molecular formula is C15H23N3O. The van der Waals surface area contributed by atoms with Gasteiger partial charge < -0.3 is 10.8 Å². The van der Waals surface area contributed by atoms with Crippen molar-refractivity contribution in [2.45, 2.75) is 38.3 Å². The van der Waals surface area contributed by atoms with Crippen molar-refractivity contribution in [2.24, 2.45) is 5.73 Å². The van der Waals surface area contributed by atoms with Crippen LogP contribution in [-0.2, 0) is 6.54 Å². The first-order chi connectivity index (χ1) is 9.22. The summed E-state index contributed by atoms with van der Waals surface area (Å²) in [6.07, 6.45) is 4.98. The van der Waals surface area contributed by atoms with E-state index in [0.29, 0.717) is 12.6 Å². The number of nitrogens with zero attached hydrogens (tertiary/aromatic N) is 1. The summed E-state index contributed by atoms with van der Waals surface area (Å²) in [6, 6.07) is 8.37. The quantitative estimate of drug-likeness (QED) is 0.539. The van der Waals surface area contributed by atoms with Crippen LogP contribution < -0.4 is 5.73 Å². The molecule has 1 fully saturated rings. The summed E-state index contributed by atoms with van der Waals surface area (Å²) in [7, 11) is 0. The maximum atomic E-state index is 9.24. The summed E-state index contributed by atoms with van der Waals surface area (Å²) in [5.41, 5.74) is 7.52. The van der Waals surface area contributed by atoms with E-state index >= 15 is 0 Å². The lowest BCUT2D eigenvalue weighted by atomic mass is 10.0. The van der Waals surface area contributed by atoms with Crippen LogP contribution in [0.2, 0.25) is 0 Å². The SMILES string of the molecule is N=C(N)c1ccccc1CN(CCO)C1CCCC1. The second kappa shape index (κ2) is 6.68. The third kappa shape index (κ3) is 3.55. The third-order valence-electron chi connectivity index (χ3n) is 3.91. The number of benzene rings is 1. The molecule has 0 bridgehead atoms. The lowest BCUT2D eigenvalue weighted by Crippen LogP contribution is -2.35. The molecule has 104 valence electrons. The summed E-state index contributed by atoms with van der Waals surface area (Å²) in [5.74, 6) is 0.117. The fourth-order valence-corrected chi connectivity index (χ4v) is 2.93. The van der Waals surface area contributed by atoms with E-state index < -0.39 is 0 Å². The zero-order chi connectivity index (χ0) is 13.7. The van der Waals surface area contributed by atoms with Gasteiger partial charge in [-0.25, -0.2) is 0 Å². The molecule has 0 aliphatic heterocycles. The van der Waals surface area contributed by atoms with Crippen molar-refractivity contribution in [2.75, 3.05) is 13.2 Å². The van der Waals surface area contributed by atoms with Crippen molar-refractivity contribution >= 4 is 5.84 Å². The van der Waals surface area contributed by atoms with Crippen molar-refractivity contribution in [3.05, 3.63) is 35.4 Å². The van der Waals surface area contributed by atoms with Crippen molar-refractivity contribution in [1.82, 2.24) is 4.90 Å². The van der Waals surface area contributed by atoms with Crippen LogP contribution in [0.5, 0.6) is 0 Å². The number of hydrogen-bond donors (Lipinski definition) is 3. The number of nitrogens with two attached hydrogens (primary N) is 1. The Morgan fingerprint density at radius 3 is 2.63 bits per heavy atom. The first-order valence-electron chi connectivity index (χ1n) is 6.99. The maximum Gasteiger partial charge on any atom is 0.123 e. The molecule has 0 saturated heterocycles. The molecule has 0 unspecified atom stereocenters. The van der Waals surface area contributed by atoms with Crippen molar-refractivity contribution in [3.8, 4) is 0 Å². The molecule has 0 amide bonds. The molecule has 1 aliphatic carbocycles. The van der Waals surface area contributed by atoms with Gasteiger partial charge in [-0.2, -0.15) is 0 Å². The van der Waals surface area contributed by atoms with Gasteiger partial charge in [-0.1, -0.05) is 37.1 Å². The average Bonchev–Trinajstić information content (AvgIpc) is 2.92. The second-order valence-corrected chi connectivity index (χ2v) is 5.20. The van der Waals surface area contributed by atoms with Crippen LogP contribution in [0.15, 0.2) is 24.3 Å². The highest BCUT2D eigenvalue weighted by Crippen LogP contribution is 2.25. The van der Waals surface area contributed by atoms with Crippen LogP contribution in [0.1, 0.15) is 36.8 Å². The molecule has 1 aromatic carbocycles. The van der Waals surface area contributed by atoms with Crippen molar-refractivity contribution in [3.63, 3.8) is 0 Å². The van der Waals surface area contributed by atoms with Crippen LogP contribution in [0.3, 0.4) is 0 Å². The molecule has 1 aliphatic rings. The topological polar surface area (TPSA) is 73.3 Å². The molecule has 0 heterocycles. The van der Waals surface area contributed by atoms with E-state index in [2.05, 4.69) is 4.90 Å². The number of hydrogen-bond acceptors (Lipinski definition) is 3. The Kier molecular flexibility index (Phi) is 4.93. The van der Waals surface area contributed by atoms with Gasteiger partial charge in [0.2, 0.25) is 0 Å². The van der Waals surface area contributed by atoms with Gasteiger partial charge >= 0.3 is 0 Å². The van der Waals surface area contributed by atoms with Gasteiger partial charge in [0.15, 0.2) is 0 Å². The summed E-state index contributed by atoms with van der Waals surface area (Å²) in [5, 5.41) is 16.9. The second-order valence-electron chi connectivity index (χ2n) is 5.20. The number of nitrogens with one attached hydrogen (secondary N) is 1. The molecule has 19 heavy (non-hydrogen) atoms. The standard InChI is InChI=1S/C15H23N3O/c16-15(17)14-8-4-1-5-12(14)11-18(9-10-19)13-6-2-3-7-13/h1,4-5,8,13,19H,2-3,6-7,9-11H2,(H3,16,17). The molecule has 1 aromatic rings. The molecule has 2 rings (SSSR count). The Morgan fingerprint density at radius 1 is 1.32 bits per heavy atom. The van der Waals surface area contributed by atoms with Gasteiger partial charge in [-0.05, 0) is 18.4 Å². The Bertz CT molecular complexity index is 427. The van der Waals surface area contributed by atoms with E-state index in [0.717, 1.165) is 17.7 Å². The summed E-state index contributed by atoms with van der Waals surface area (Å²) >= 11 is 0. The van der Waals surface area contributed by atoms with E-state index in [9.17, 15) is 5.11 Å². The first kappa shape index (κ1) is 14.0. The Labute approximate surface area is 114 Å². The smallest absolute Gasteiger partial charge is 0.123 e. The summed E-state index contributed by atoms with van der Waals surface area (Å²) < 4.78 is 0. The lowest BCUT2D eigenvalue weighted by molar-refractivity contribution is 0.145. The normalized spacial score (nSPS) is 16.1. The molecule has 1 saturated carbocycles. The number of aliphatic hydroxyl groups is 1. The molecule has 0 atom stereocenters. The predicted molar refractivity (Wildman–Crippen MR) is 77.2 cm³/mol. The molecule has 4 nitrogen and oxygen atoms in total. The van der Waals surface area contributed by atoms with Gasteiger partial charge in [0.25, 0.3) is 0 Å². The van der Waals surface area contributed by atoms with Crippen LogP contribution in [0.25, 0.3) is 0 Å². The monoisotopic (exact) mass is 261 g/mol. The number of aliphatic hydroxyl groups excluding tert-OH is 1. The minimum absolute atomic E-state index is 0.117. The summed E-state index contributed by atoms with van der Waals surface area (Å²) in [4.78, 5) is 2.33. The van der Waals surface area contributed by atoms with Crippen molar-refractivity contribution in [1.29, 1.82) is 5.41 Å². The minimum Gasteiger partial charge on any atom is -0.395 e. The van der Waals surface area contributed by atoms with Gasteiger partial charge in [0, 0.05) is 24.7 Å². The van der Waals surface area contributed by atoms with Gasteiger partial charge in [0.1, 0.15) is 5.84 Å². The molecule has 4 N–H and O–H groups in total. The highest BCUT2D eigenvalue weighted by Gasteiger charge is 2.22. The Balaban J connectivity index is 2.14. The first-order valence-corrected chi connectivity index (χ1v) is 6.99. The Morgan fingerprint density at radius 2 is 2.00 bits per heavy atom. The molecule has 0 aromatic heterocycles. The fraction of sp³-hybridized carbons (Fsp3) is 0.533.